The molecule has 0 aromatic heterocycles. The van der Waals surface area contributed by atoms with Gasteiger partial charge in [0.2, 0.25) is 0 Å². The fourth-order valence-corrected chi connectivity index (χ4v) is 2.39. The van der Waals surface area contributed by atoms with Gasteiger partial charge in [-0.05, 0) is 28.8 Å². The van der Waals surface area contributed by atoms with Crippen molar-refractivity contribution >= 4 is 5.57 Å². The zero-order valence-corrected chi connectivity index (χ0v) is 10.1. The number of methoxy groups -OCH3 is 1. The van der Waals surface area contributed by atoms with Gasteiger partial charge in [-0.3, -0.25) is 0 Å². The maximum atomic E-state index is 14.1. The highest BCUT2D eigenvalue weighted by Crippen LogP contribution is 2.38. The number of ether oxygens (including phenoxy) is 1. The summed E-state index contributed by atoms with van der Waals surface area (Å²) in [6.45, 7) is 0. The SMILES string of the molecule is COc1ccc(C2=C(F)Cc3ccccc32)cc1. The highest BCUT2D eigenvalue weighted by molar-refractivity contribution is 5.86. The summed E-state index contributed by atoms with van der Waals surface area (Å²) in [4.78, 5) is 0. The Labute approximate surface area is 106 Å². The van der Waals surface area contributed by atoms with Gasteiger partial charge in [0, 0.05) is 12.0 Å². The highest BCUT2D eigenvalue weighted by Gasteiger charge is 2.22. The van der Waals surface area contributed by atoms with Crippen molar-refractivity contribution < 1.29 is 9.13 Å². The third-order valence-electron chi connectivity index (χ3n) is 3.28. The van der Waals surface area contributed by atoms with E-state index in [-0.39, 0.29) is 5.83 Å². The van der Waals surface area contributed by atoms with E-state index in [1.807, 2.05) is 48.5 Å². The van der Waals surface area contributed by atoms with Gasteiger partial charge in [-0.25, -0.2) is 4.39 Å². The van der Waals surface area contributed by atoms with Crippen LogP contribution in [-0.4, -0.2) is 7.11 Å². The van der Waals surface area contributed by atoms with Crippen LogP contribution in [0.1, 0.15) is 16.7 Å². The molecule has 2 aromatic rings. The molecule has 0 fully saturated rings. The van der Waals surface area contributed by atoms with Crippen molar-refractivity contribution in [3.63, 3.8) is 0 Å². The molecule has 0 N–H and O–H groups in total. The van der Waals surface area contributed by atoms with Crippen LogP contribution in [-0.2, 0) is 6.42 Å². The van der Waals surface area contributed by atoms with Gasteiger partial charge in [-0.1, -0.05) is 36.4 Å². The van der Waals surface area contributed by atoms with E-state index in [2.05, 4.69) is 0 Å². The van der Waals surface area contributed by atoms with E-state index in [1.54, 1.807) is 7.11 Å². The molecule has 0 atom stereocenters. The molecule has 1 nitrogen and oxygen atoms in total. The standard InChI is InChI=1S/C16H13FO/c1-18-13-8-6-11(7-9-13)16-14-5-3-2-4-12(14)10-15(16)17/h2-9H,10H2,1H3. The van der Waals surface area contributed by atoms with E-state index < -0.39 is 0 Å². The summed E-state index contributed by atoms with van der Waals surface area (Å²) in [5.41, 5.74) is 3.67. The molecular formula is C16H13FO. The summed E-state index contributed by atoms with van der Waals surface area (Å²) in [5, 5.41) is 0. The first-order chi connectivity index (χ1) is 8.79. The van der Waals surface area contributed by atoms with Crippen molar-refractivity contribution in [3.05, 3.63) is 71.0 Å². The normalized spacial score (nSPS) is 13.7. The van der Waals surface area contributed by atoms with E-state index >= 15 is 0 Å². The van der Waals surface area contributed by atoms with Crippen LogP contribution in [0.5, 0.6) is 5.75 Å². The van der Waals surface area contributed by atoms with Gasteiger partial charge in [0.25, 0.3) is 0 Å². The van der Waals surface area contributed by atoms with E-state index in [0.29, 0.717) is 12.0 Å². The molecular weight excluding hydrogens is 227 g/mol. The molecule has 90 valence electrons. The third kappa shape index (κ3) is 1.70. The quantitative estimate of drug-likeness (QED) is 0.771. The molecule has 2 heteroatoms. The minimum absolute atomic E-state index is 0.0543. The lowest BCUT2D eigenvalue weighted by atomic mass is 9.99. The van der Waals surface area contributed by atoms with Crippen molar-refractivity contribution in [2.75, 3.05) is 7.11 Å². The molecule has 18 heavy (non-hydrogen) atoms. The van der Waals surface area contributed by atoms with Crippen LogP contribution in [0.15, 0.2) is 54.4 Å². The minimum Gasteiger partial charge on any atom is -0.497 e. The molecule has 1 aliphatic carbocycles. The first-order valence-electron chi connectivity index (χ1n) is 5.91. The number of benzene rings is 2. The second-order valence-corrected chi connectivity index (χ2v) is 4.34. The lowest BCUT2D eigenvalue weighted by molar-refractivity contribution is 0.415. The van der Waals surface area contributed by atoms with Crippen LogP contribution in [0.2, 0.25) is 0 Å². The fourth-order valence-electron chi connectivity index (χ4n) is 2.39. The van der Waals surface area contributed by atoms with Gasteiger partial charge >= 0.3 is 0 Å². The van der Waals surface area contributed by atoms with Crippen LogP contribution < -0.4 is 4.74 Å². The summed E-state index contributed by atoms with van der Waals surface area (Å²) in [6.07, 6.45) is 0.400. The Morgan fingerprint density at radius 3 is 2.44 bits per heavy atom. The van der Waals surface area contributed by atoms with Crippen LogP contribution in [0.3, 0.4) is 0 Å². The number of hydrogen-bond donors (Lipinski definition) is 0. The maximum absolute atomic E-state index is 14.1. The number of fused-ring (bicyclic) bond motifs is 1. The van der Waals surface area contributed by atoms with Gasteiger partial charge in [-0.15, -0.1) is 0 Å². The Balaban J connectivity index is 2.08. The van der Waals surface area contributed by atoms with Crippen LogP contribution in [0.25, 0.3) is 5.57 Å². The van der Waals surface area contributed by atoms with Crippen LogP contribution in [0, 0.1) is 0 Å². The summed E-state index contributed by atoms with van der Waals surface area (Å²) in [6, 6.07) is 15.4. The topological polar surface area (TPSA) is 9.23 Å². The summed E-state index contributed by atoms with van der Waals surface area (Å²) < 4.78 is 19.2. The summed E-state index contributed by atoms with van der Waals surface area (Å²) >= 11 is 0. The highest BCUT2D eigenvalue weighted by atomic mass is 19.1. The Kier molecular flexibility index (Phi) is 2.63. The van der Waals surface area contributed by atoms with Gasteiger partial charge in [0.05, 0.1) is 7.11 Å². The number of allylic oxidation sites excluding steroid dienone is 1. The van der Waals surface area contributed by atoms with Gasteiger partial charge in [-0.2, -0.15) is 0 Å². The average Bonchev–Trinajstić information content (AvgIpc) is 2.75. The van der Waals surface area contributed by atoms with Crippen molar-refractivity contribution in [1.82, 2.24) is 0 Å². The summed E-state index contributed by atoms with van der Waals surface area (Å²) in [7, 11) is 1.62. The molecule has 0 amide bonds. The minimum atomic E-state index is -0.0543. The van der Waals surface area contributed by atoms with Crippen molar-refractivity contribution in [1.29, 1.82) is 0 Å². The number of rotatable bonds is 2. The first kappa shape index (κ1) is 11.0. The second-order valence-electron chi connectivity index (χ2n) is 4.34. The predicted molar refractivity (Wildman–Crippen MR) is 70.3 cm³/mol. The first-order valence-corrected chi connectivity index (χ1v) is 5.91. The molecule has 1 aliphatic rings. The molecule has 0 radical (unpaired) electrons. The predicted octanol–water partition coefficient (Wildman–Crippen LogP) is 3.98. The maximum Gasteiger partial charge on any atom is 0.118 e. The number of halogens is 1. The van der Waals surface area contributed by atoms with E-state index in [0.717, 1.165) is 22.4 Å². The fraction of sp³-hybridized carbons (Fsp3) is 0.125. The molecule has 2 aromatic carbocycles. The van der Waals surface area contributed by atoms with Crippen molar-refractivity contribution in [2.24, 2.45) is 0 Å². The zero-order chi connectivity index (χ0) is 12.5. The smallest absolute Gasteiger partial charge is 0.118 e. The zero-order valence-electron chi connectivity index (χ0n) is 10.1. The van der Waals surface area contributed by atoms with Gasteiger partial charge in [0.15, 0.2) is 0 Å². The third-order valence-corrected chi connectivity index (χ3v) is 3.28. The largest absolute Gasteiger partial charge is 0.497 e. The van der Waals surface area contributed by atoms with Crippen LogP contribution in [0.4, 0.5) is 4.39 Å². The van der Waals surface area contributed by atoms with E-state index in [1.165, 1.54) is 0 Å². The van der Waals surface area contributed by atoms with Crippen molar-refractivity contribution in [3.8, 4) is 5.75 Å². The van der Waals surface area contributed by atoms with E-state index in [9.17, 15) is 4.39 Å². The Bertz CT molecular complexity index is 611. The van der Waals surface area contributed by atoms with Gasteiger partial charge in [0.1, 0.15) is 11.6 Å². The van der Waals surface area contributed by atoms with E-state index in [4.69, 9.17) is 4.74 Å². The Morgan fingerprint density at radius 1 is 1.00 bits per heavy atom. The average molecular weight is 240 g/mol. The molecule has 0 saturated heterocycles. The monoisotopic (exact) mass is 240 g/mol. The molecule has 0 saturated carbocycles. The molecule has 0 bridgehead atoms. The molecule has 3 rings (SSSR count). The second kappa shape index (κ2) is 4.30. The van der Waals surface area contributed by atoms with Crippen LogP contribution >= 0.6 is 0 Å². The lowest BCUT2D eigenvalue weighted by Gasteiger charge is -2.07. The lowest BCUT2D eigenvalue weighted by Crippen LogP contribution is -1.88. The molecule has 0 aliphatic heterocycles. The number of hydrogen-bond acceptors (Lipinski definition) is 1. The summed E-state index contributed by atoms with van der Waals surface area (Å²) in [5.74, 6) is 0.729. The van der Waals surface area contributed by atoms with Crippen molar-refractivity contribution in [2.45, 2.75) is 6.42 Å². The Morgan fingerprint density at radius 2 is 1.72 bits per heavy atom. The van der Waals surface area contributed by atoms with Gasteiger partial charge < -0.3 is 4.74 Å². The Hall–Kier alpha value is -2.09. The molecule has 0 unspecified atom stereocenters. The molecule has 0 heterocycles. The molecule has 0 spiro atoms.